The highest BCUT2D eigenvalue weighted by molar-refractivity contribution is 5.74. The van der Waals surface area contributed by atoms with Gasteiger partial charge in [0.05, 0.1) is 5.56 Å². The summed E-state index contributed by atoms with van der Waals surface area (Å²) in [6.45, 7) is 4.03. The van der Waals surface area contributed by atoms with Crippen molar-refractivity contribution in [3.05, 3.63) is 35.4 Å². The molecule has 1 aromatic carbocycles. The number of carbonyl (C=O) groups excluding carboxylic acids is 1. The molecule has 2 atom stereocenters. The number of urea groups is 1. The summed E-state index contributed by atoms with van der Waals surface area (Å²) in [6.07, 6.45) is -1.75. The number of rotatable bonds is 5. The second-order valence-electron chi connectivity index (χ2n) is 6.26. The van der Waals surface area contributed by atoms with Crippen LogP contribution in [0.1, 0.15) is 43.2 Å². The Morgan fingerprint density at radius 3 is 2.88 bits per heavy atom. The number of hydrogen-bond acceptors (Lipinski definition) is 2. The van der Waals surface area contributed by atoms with E-state index < -0.39 is 11.7 Å². The second kappa shape index (κ2) is 8.37. The molecule has 3 N–H and O–H groups in total. The Labute approximate surface area is 140 Å². The van der Waals surface area contributed by atoms with Gasteiger partial charge in [-0.15, -0.1) is 0 Å². The maximum absolute atomic E-state index is 12.7. The zero-order chi connectivity index (χ0) is 17.6. The molecule has 0 aromatic heterocycles. The summed E-state index contributed by atoms with van der Waals surface area (Å²) in [5, 5.41) is 8.89. The maximum atomic E-state index is 12.7. The van der Waals surface area contributed by atoms with Crippen LogP contribution in [0.15, 0.2) is 24.3 Å². The number of carbonyl (C=O) groups is 1. The summed E-state index contributed by atoms with van der Waals surface area (Å²) in [5.74, 6) is -0.0658. The highest BCUT2D eigenvalue weighted by Crippen LogP contribution is 2.31. The van der Waals surface area contributed by atoms with Gasteiger partial charge in [0.2, 0.25) is 0 Å². The molecule has 2 amide bonds. The van der Waals surface area contributed by atoms with Crippen LogP contribution < -0.4 is 16.0 Å². The number of piperidine rings is 1. The van der Waals surface area contributed by atoms with E-state index in [1.165, 1.54) is 12.1 Å². The van der Waals surface area contributed by atoms with Gasteiger partial charge in [0.15, 0.2) is 0 Å². The van der Waals surface area contributed by atoms with Crippen molar-refractivity contribution < 1.29 is 18.0 Å². The first-order valence-electron chi connectivity index (χ1n) is 8.28. The van der Waals surface area contributed by atoms with Crippen LogP contribution >= 0.6 is 0 Å². The van der Waals surface area contributed by atoms with E-state index in [0.717, 1.165) is 32.0 Å². The van der Waals surface area contributed by atoms with Crippen LogP contribution in [0, 0.1) is 0 Å². The van der Waals surface area contributed by atoms with E-state index in [4.69, 9.17) is 0 Å². The lowest BCUT2D eigenvalue weighted by molar-refractivity contribution is -0.137. The molecule has 1 fully saturated rings. The van der Waals surface area contributed by atoms with Crippen LogP contribution in [-0.2, 0) is 6.18 Å². The standard InChI is InChI=1S/C17H24F3N3O/c1-12(13-4-2-5-14(10-13)17(18,19)20)7-9-22-16(24)23-15-6-3-8-21-11-15/h2,4-5,10,12,15,21H,3,6-9,11H2,1H3,(H2,22,23,24)/t12?,15-/m1/s1. The number of nitrogens with one attached hydrogen (secondary N) is 3. The maximum Gasteiger partial charge on any atom is 0.416 e. The SMILES string of the molecule is CC(CCNC(=O)N[C@@H]1CCCNC1)c1cccc(C(F)(F)F)c1. The summed E-state index contributed by atoms with van der Waals surface area (Å²) in [7, 11) is 0. The molecular weight excluding hydrogens is 319 g/mol. The molecule has 1 aliphatic rings. The lowest BCUT2D eigenvalue weighted by Gasteiger charge is -2.24. The quantitative estimate of drug-likeness (QED) is 0.769. The topological polar surface area (TPSA) is 53.2 Å². The van der Waals surface area contributed by atoms with Crippen LogP contribution in [0.25, 0.3) is 0 Å². The molecule has 0 aliphatic carbocycles. The van der Waals surface area contributed by atoms with Crippen molar-refractivity contribution in [3.8, 4) is 0 Å². The van der Waals surface area contributed by atoms with Gasteiger partial charge in [-0.3, -0.25) is 0 Å². The first-order valence-corrected chi connectivity index (χ1v) is 8.28. The Kier molecular flexibility index (Phi) is 6.48. The van der Waals surface area contributed by atoms with E-state index in [-0.39, 0.29) is 18.0 Å². The van der Waals surface area contributed by atoms with Gasteiger partial charge < -0.3 is 16.0 Å². The van der Waals surface area contributed by atoms with E-state index in [9.17, 15) is 18.0 Å². The van der Waals surface area contributed by atoms with Gasteiger partial charge in [-0.2, -0.15) is 13.2 Å². The predicted octanol–water partition coefficient (Wildman–Crippen LogP) is 3.25. The molecule has 24 heavy (non-hydrogen) atoms. The first kappa shape index (κ1) is 18.6. The Bertz CT molecular complexity index is 542. The van der Waals surface area contributed by atoms with Crippen LogP contribution in [-0.4, -0.2) is 31.7 Å². The highest BCUT2D eigenvalue weighted by atomic mass is 19.4. The fourth-order valence-electron chi connectivity index (χ4n) is 2.80. The van der Waals surface area contributed by atoms with Gasteiger partial charge >= 0.3 is 12.2 Å². The van der Waals surface area contributed by atoms with Crippen molar-refractivity contribution in [2.24, 2.45) is 0 Å². The summed E-state index contributed by atoms with van der Waals surface area (Å²) in [4.78, 5) is 11.8. The minimum absolute atomic E-state index is 0.0658. The Morgan fingerprint density at radius 2 is 2.21 bits per heavy atom. The van der Waals surface area contributed by atoms with Gasteiger partial charge in [0.25, 0.3) is 0 Å². The molecule has 7 heteroatoms. The zero-order valence-corrected chi connectivity index (χ0v) is 13.7. The van der Waals surface area contributed by atoms with Gasteiger partial charge in [-0.1, -0.05) is 25.1 Å². The Balaban J connectivity index is 1.76. The largest absolute Gasteiger partial charge is 0.416 e. The molecule has 0 spiro atoms. The van der Waals surface area contributed by atoms with Crippen LogP contribution in [0.5, 0.6) is 0 Å². The third-order valence-corrected chi connectivity index (χ3v) is 4.28. The predicted molar refractivity (Wildman–Crippen MR) is 86.9 cm³/mol. The van der Waals surface area contributed by atoms with Crippen LogP contribution in [0.4, 0.5) is 18.0 Å². The molecule has 134 valence electrons. The van der Waals surface area contributed by atoms with Crippen molar-refractivity contribution in [1.82, 2.24) is 16.0 Å². The Morgan fingerprint density at radius 1 is 1.42 bits per heavy atom. The first-order chi connectivity index (χ1) is 11.4. The van der Waals surface area contributed by atoms with Gasteiger partial charge in [0, 0.05) is 19.1 Å². The van der Waals surface area contributed by atoms with Crippen molar-refractivity contribution in [1.29, 1.82) is 0 Å². The molecule has 1 heterocycles. The molecule has 1 saturated heterocycles. The molecule has 1 aliphatic heterocycles. The number of amides is 2. The van der Waals surface area contributed by atoms with Crippen molar-refractivity contribution >= 4 is 6.03 Å². The van der Waals surface area contributed by atoms with Crippen molar-refractivity contribution in [2.75, 3.05) is 19.6 Å². The summed E-state index contributed by atoms with van der Waals surface area (Å²) < 4.78 is 38.2. The minimum atomic E-state index is -4.33. The summed E-state index contributed by atoms with van der Waals surface area (Å²) in [5.41, 5.74) is -0.00846. The Hall–Kier alpha value is -1.76. The van der Waals surface area contributed by atoms with Crippen LogP contribution in [0.2, 0.25) is 0 Å². The number of alkyl halides is 3. The van der Waals surface area contributed by atoms with E-state index in [1.54, 1.807) is 6.07 Å². The van der Waals surface area contributed by atoms with E-state index in [1.807, 2.05) is 6.92 Å². The third-order valence-electron chi connectivity index (χ3n) is 4.28. The fourth-order valence-corrected chi connectivity index (χ4v) is 2.80. The minimum Gasteiger partial charge on any atom is -0.338 e. The highest BCUT2D eigenvalue weighted by Gasteiger charge is 2.30. The van der Waals surface area contributed by atoms with Crippen LogP contribution in [0.3, 0.4) is 0 Å². The molecule has 0 radical (unpaired) electrons. The summed E-state index contributed by atoms with van der Waals surface area (Å²) >= 11 is 0. The van der Waals surface area contributed by atoms with Gasteiger partial charge in [-0.05, 0) is 43.4 Å². The molecule has 2 rings (SSSR count). The van der Waals surface area contributed by atoms with E-state index >= 15 is 0 Å². The smallest absolute Gasteiger partial charge is 0.338 e. The summed E-state index contributed by atoms with van der Waals surface area (Å²) in [6, 6.07) is 5.27. The lowest BCUT2D eigenvalue weighted by atomic mass is 9.96. The molecule has 0 saturated carbocycles. The zero-order valence-electron chi connectivity index (χ0n) is 13.7. The molecule has 1 aromatic rings. The monoisotopic (exact) mass is 343 g/mol. The molecule has 4 nitrogen and oxygen atoms in total. The molecule has 1 unspecified atom stereocenters. The fraction of sp³-hybridized carbons (Fsp3) is 0.588. The lowest BCUT2D eigenvalue weighted by Crippen LogP contribution is -2.49. The second-order valence-corrected chi connectivity index (χ2v) is 6.26. The number of hydrogen-bond donors (Lipinski definition) is 3. The van der Waals surface area contributed by atoms with E-state index in [2.05, 4.69) is 16.0 Å². The normalized spacial score (nSPS) is 19.6. The van der Waals surface area contributed by atoms with Crippen molar-refractivity contribution in [3.63, 3.8) is 0 Å². The average molecular weight is 343 g/mol. The number of benzene rings is 1. The van der Waals surface area contributed by atoms with E-state index in [0.29, 0.717) is 18.5 Å². The molecule has 0 bridgehead atoms. The third kappa shape index (κ3) is 5.70. The van der Waals surface area contributed by atoms with Gasteiger partial charge in [0.1, 0.15) is 0 Å². The average Bonchev–Trinajstić information content (AvgIpc) is 2.55. The van der Waals surface area contributed by atoms with Gasteiger partial charge in [-0.25, -0.2) is 4.79 Å². The van der Waals surface area contributed by atoms with Crippen molar-refractivity contribution in [2.45, 2.75) is 44.3 Å². The molecular formula is C17H24F3N3O. The number of halogens is 3.